The molecule has 0 radical (unpaired) electrons. The van der Waals surface area contributed by atoms with Crippen LogP contribution in [0.3, 0.4) is 0 Å². The van der Waals surface area contributed by atoms with E-state index in [1.165, 1.54) is 18.6 Å². The second-order valence-corrected chi connectivity index (χ2v) is 1.71. The molecule has 1 rings (SSSR count). The van der Waals surface area contributed by atoms with Gasteiger partial charge in [-0.2, -0.15) is 0 Å². The summed E-state index contributed by atoms with van der Waals surface area (Å²) in [5.41, 5.74) is 0.275. The second-order valence-electron chi connectivity index (χ2n) is 1.71. The van der Waals surface area contributed by atoms with Gasteiger partial charge in [0.1, 0.15) is 0 Å². The molecule has 4 heteroatoms. The van der Waals surface area contributed by atoms with Crippen LogP contribution in [0.1, 0.15) is 11.8 Å². The smallest absolute Gasteiger partial charge is 0.154 e. The van der Waals surface area contributed by atoms with E-state index in [0.29, 0.717) is 6.29 Å². The van der Waals surface area contributed by atoms with Gasteiger partial charge in [0.25, 0.3) is 0 Å². The van der Waals surface area contributed by atoms with Crippen LogP contribution in [0.4, 0.5) is 0 Å². The molecule has 10 heavy (non-hydrogen) atoms. The molecule has 0 amide bonds. The molecule has 52 valence electrons. The quantitative estimate of drug-likeness (QED) is 0.570. The maximum atomic E-state index is 9.99. The molecule has 0 saturated carbocycles. The monoisotopic (exact) mass is 138 g/mol. The number of carbonyl (C=O) groups is 1. The van der Waals surface area contributed by atoms with Gasteiger partial charge >= 0.3 is 0 Å². The van der Waals surface area contributed by atoms with Crippen LogP contribution in [-0.2, 0) is 4.79 Å². The average Bonchev–Trinajstić information content (AvgIpc) is 2.05. The molecule has 1 unspecified atom stereocenters. The Labute approximate surface area is 57.6 Å². The summed E-state index contributed by atoms with van der Waals surface area (Å²) in [5.74, 6) is 0. The first kappa shape index (κ1) is 6.82. The molecule has 1 aromatic heterocycles. The number of rotatable bonds is 2. The Balaban J connectivity index is 2.84. The lowest BCUT2D eigenvalue weighted by molar-refractivity contribution is -0.115. The molecule has 0 aliphatic carbocycles. The SMILES string of the molecule is O=CC(O)c1cnccn1. The lowest BCUT2D eigenvalue weighted by Crippen LogP contribution is -2.00. The van der Waals surface area contributed by atoms with Crippen LogP contribution < -0.4 is 0 Å². The van der Waals surface area contributed by atoms with Crippen molar-refractivity contribution in [3.8, 4) is 0 Å². The average molecular weight is 138 g/mol. The largest absolute Gasteiger partial charge is 0.379 e. The third-order valence-electron chi connectivity index (χ3n) is 1.02. The topological polar surface area (TPSA) is 63.1 Å². The van der Waals surface area contributed by atoms with Crippen molar-refractivity contribution in [1.82, 2.24) is 9.97 Å². The van der Waals surface area contributed by atoms with E-state index in [1.807, 2.05) is 0 Å². The Morgan fingerprint density at radius 3 is 2.90 bits per heavy atom. The molecule has 4 nitrogen and oxygen atoms in total. The first-order chi connectivity index (χ1) is 4.84. The van der Waals surface area contributed by atoms with E-state index in [9.17, 15) is 4.79 Å². The molecule has 0 bridgehead atoms. The van der Waals surface area contributed by atoms with Gasteiger partial charge in [0, 0.05) is 12.4 Å². The summed E-state index contributed by atoms with van der Waals surface area (Å²) in [5, 5.41) is 8.86. The summed E-state index contributed by atoms with van der Waals surface area (Å²) >= 11 is 0. The van der Waals surface area contributed by atoms with Gasteiger partial charge in [-0.15, -0.1) is 0 Å². The first-order valence-corrected chi connectivity index (χ1v) is 2.74. The highest BCUT2D eigenvalue weighted by Gasteiger charge is 2.04. The highest BCUT2D eigenvalue weighted by Crippen LogP contribution is 2.02. The van der Waals surface area contributed by atoms with Crippen LogP contribution in [0.25, 0.3) is 0 Å². The Kier molecular flexibility index (Phi) is 2.07. The fourth-order valence-corrected chi connectivity index (χ4v) is 0.533. The van der Waals surface area contributed by atoms with Crippen LogP contribution in [0.2, 0.25) is 0 Å². The molecule has 0 aliphatic heterocycles. The highest BCUT2D eigenvalue weighted by atomic mass is 16.3. The lowest BCUT2D eigenvalue weighted by Gasteiger charge is -1.97. The van der Waals surface area contributed by atoms with Crippen molar-refractivity contribution < 1.29 is 9.90 Å². The van der Waals surface area contributed by atoms with E-state index in [4.69, 9.17) is 5.11 Å². The number of carbonyl (C=O) groups excluding carboxylic acids is 1. The zero-order valence-electron chi connectivity index (χ0n) is 5.14. The van der Waals surface area contributed by atoms with Crippen LogP contribution >= 0.6 is 0 Å². The molecule has 1 atom stereocenters. The van der Waals surface area contributed by atoms with Gasteiger partial charge in [0.15, 0.2) is 12.4 Å². The van der Waals surface area contributed by atoms with E-state index >= 15 is 0 Å². The van der Waals surface area contributed by atoms with Crippen molar-refractivity contribution in [2.75, 3.05) is 0 Å². The van der Waals surface area contributed by atoms with Gasteiger partial charge < -0.3 is 9.90 Å². The number of aliphatic hydroxyl groups is 1. The van der Waals surface area contributed by atoms with Crippen molar-refractivity contribution in [2.24, 2.45) is 0 Å². The summed E-state index contributed by atoms with van der Waals surface area (Å²) < 4.78 is 0. The summed E-state index contributed by atoms with van der Waals surface area (Å²) in [7, 11) is 0. The van der Waals surface area contributed by atoms with E-state index in [0.717, 1.165) is 0 Å². The lowest BCUT2D eigenvalue weighted by atomic mass is 10.3. The first-order valence-electron chi connectivity index (χ1n) is 2.74. The molecule has 0 spiro atoms. The molecule has 1 N–H and O–H groups in total. The van der Waals surface area contributed by atoms with Gasteiger partial charge in [-0.25, -0.2) is 0 Å². The Hall–Kier alpha value is -1.29. The van der Waals surface area contributed by atoms with E-state index < -0.39 is 6.10 Å². The highest BCUT2D eigenvalue weighted by molar-refractivity contribution is 5.57. The second kappa shape index (κ2) is 3.03. The molecule has 0 aliphatic rings. The van der Waals surface area contributed by atoms with Crippen molar-refractivity contribution in [2.45, 2.75) is 6.10 Å². The van der Waals surface area contributed by atoms with Crippen molar-refractivity contribution >= 4 is 6.29 Å². The standard InChI is InChI=1S/C6H6N2O2/c9-4-6(10)5-3-7-1-2-8-5/h1-4,6,10H. The van der Waals surface area contributed by atoms with E-state index in [2.05, 4.69) is 9.97 Å². The third-order valence-corrected chi connectivity index (χ3v) is 1.02. The Morgan fingerprint density at radius 2 is 2.40 bits per heavy atom. The Morgan fingerprint density at radius 1 is 1.60 bits per heavy atom. The predicted octanol–water partition coefficient (Wildman–Crippen LogP) is -0.291. The molecule has 1 heterocycles. The summed E-state index contributed by atoms with van der Waals surface area (Å²) in [6, 6.07) is 0. The molecular weight excluding hydrogens is 132 g/mol. The van der Waals surface area contributed by atoms with Gasteiger partial charge in [0.2, 0.25) is 0 Å². The van der Waals surface area contributed by atoms with Crippen molar-refractivity contribution in [1.29, 1.82) is 0 Å². The maximum Gasteiger partial charge on any atom is 0.154 e. The van der Waals surface area contributed by atoms with Crippen molar-refractivity contribution in [3.05, 3.63) is 24.3 Å². The zero-order valence-corrected chi connectivity index (χ0v) is 5.14. The summed E-state index contributed by atoms with van der Waals surface area (Å²) in [6.07, 6.45) is 3.50. The number of hydrogen-bond donors (Lipinski definition) is 1. The zero-order chi connectivity index (χ0) is 7.40. The van der Waals surface area contributed by atoms with Crippen LogP contribution in [0.5, 0.6) is 0 Å². The summed E-state index contributed by atoms with van der Waals surface area (Å²) in [4.78, 5) is 17.4. The van der Waals surface area contributed by atoms with Gasteiger partial charge in [-0.1, -0.05) is 0 Å². The van der Waals surface area contributed by atoms with Crippen LogP contribution in [0.15, 0.2) is 18.6 Å². The number of hydrogen-bond acceptors (Lipinski definition) is 4. The fourth-order valence-electron chi connectivity index (χ4n) is 0.533. The number of aromatic nitrogens is 2. The minimum atomic E-state index is -1.14. The summed E-state index contributed by atoms with van der Waals surface area (Å²) in [6.45, 7) is 0. The van der Waals surface area contributed by atoms with Crippen LogP contribution in [0, 0.1) is 0 Å². The minimum Gasteiger partial charge on any atom is -0.379 e. The maximum absolute atomic E-state index is 9.99. The molecule has 0 saturated heterocycles. The third kappa shape index (κ3) is 1.35. The number of nitrogens with zero attached hydrogens (tertiary/aromatic N) is 2. The van der Waals surface area contributed by atoms with Gasteiger partial charge in [-0.05, 0) is 0 Å². The van der Waals surface area contributed by atoms with Gasteiger partial charge in [-0.3, -0.25) is 9.97 Å². The van der Waals surface area contributed by atoms with Crippen molar-refractivity contribution in [3.63, 3.8) is 0 Å². The number of aliphatic hydroxyl groups excluding tert-OH is 1. The normalized spacial score (nSPS) is 12.5. The molecule has 0 aromatic carbocycles. The fraction of sp³-hybridized carbons (Fsp3) is 0.167. The molecule has 1 aromatic rings. The minimum absolute atomic E-state index is 0.275. The van der Waals surface area contributed by atoms with E-state index in [-0.39, 0.29) is 5.69 Å². The van der Waals surface area contributed by atoms with E-state index in [1.54, 1.807) is 0 Å². The molecular formula is C6H6N2O2. The van der Waals surface area contributed by atoms with Gasteiger partial charge in [0.05, 0.1) is 11.9 Å². The molecule has 0 fully saturated rings. The van der Waals surface area contributed by atoms with Crippen LogP contribution in [-0.4, -0.2) is 21.4 Å². The number of aldehydes is 1. The Bertz CT molecular complexity index is 212. The predicted molar refractivity (Wildman–Crippen MR) is 33.1 cm³/mol.